The smallest absolute Gasteiger partial charge is 0.255 e. The standard InChI is InChI=1S/C14H12BrNO2/c1-9-12(6-3-7-13(9)15)14(18)16-10-4-2-5-11(17)8-10/h2-8,17H,1H3,(H,16,18). The highest BCUT2D eigenvalue weighted by atomic mass is 79.9. The third kappa shape index (κ3) is 2.71. The van der Waals surface area contributed by atoms with Crippen molar-refractivity contribution in [3.8, 4) is 5.75 Å². The molecule has 0 fully saturated rings. The van der Waals surface area contributed by atoms with E-state index < -0.39 is 0 Å². The molecule has 4 heteroatoms. The van der Waals surface area contributed by atoms with Crippen LogP contribution < -0.4 is 5.32 Å². The molecule has 0 aliphatic rings. The molecule has 2 rings (SSSR count). The maximum absolute atomic E-state index is 12.1. The van der Waals surface area contributed by atoms with E-state index >= 15 is 0 Å². The Balaban J connectivity index is 2.25. The van der Waals surface area contributed by atoms with E-state index in [-0.39, 0.29) is 11.7 Å². The number of phenols is 1. The SMILES string of the molecule is Cc1c(Br)cccc1C(=O)Nc1cccc(O)c1. The largest absolute Gasteiger partial charge is 0.508 e. The molecule has 18 heavy (non-hydrogen) atoms. The molecular weight excluding hydrogens is 294 g/mol. The number of rotatable bonds is 2. The first-order chi connectivity index (χ1) is 8.58. The molecule has 0 bridgehead atoms. The van der Waals surface area contributed by atoms with Crippen molar-refractivity contribution in [2.24, 2.45) is 0 Å². The molecule has 2 aromatic rings. The number of phenolic OH excluding ortho intramolecular Hbond substituents is 1. The molecule has 0 saturated heterocycles. The number of aromatic hydroxyl groups is 1. The van der Waals surface area contributed by atoms with Gasteiger partial charge in [-0.2, -0.15) is 0 Å². The third-order valence-electron chi connectivity index (χ3n) is 2.62. The predicted molar refractivity (Wildman–Crippen MR) is 74.9 cm³/mol. The molecule has 0 spiro atoms. The molecule has 0 aliphatic heterocycles. The second-order valence-corrected chi connectivity index (χ2v) is 4.77. The van der Waals surface area contributed by atoms with Crippen molar-refractivity contribution in [3.05, 3.63) is 58.1 Å². The van der Waals surface area contributed by atoms with Gasteiger partial charge in [0, 0.05) is 21.8 Å². The van der Waals surface area contributed by atoms with E-state index in [1.165, 1.54) is 6.07 Å². The minimum atomic E-state index is -0.195. The zero-order valence-corrected chi connectivity index (χ0v) is 11.4. The van der Waals surface area contributed by atoms with E-state index in [2.05, 4.69) is 21.2 Å². The third-order valence-corrected chi connectivity index (χ3v) is 3.48. The van der Waals surface area contributed by atoms with Crippen LogP contribution in [-0.2, 0) is 0 Å². The van der Waals surface area contributed by atoms with Gasteiger partial charge in [-0.15, -0.1) is 0 Å². The highest BCUT2D eigenvalue weighted by Crippen LogP contribution is 2.21. The van der Waals surface area contributed by atoms with Crippen LogP contribution in [0.3, 0.4) is 0 Å². The second kappa shape index (κ2) is 5.23. The molecule has 3 nitrogen and oxygen atoms in total. The van der Waals surface area contributed by atoms with E-state index in [1.54, 1.807) is 24.3 Å². The molecule has 2 N–H and O–H groups in total. The van der Waals surface area contributed by atoms with Crippen molar-refractivity contribution >= 4 is 27.5 Å². The van der Waals surface area contributed by atoms with Gasteiger partial charge in [0.2, 0.25) is 0 Å². The Kier molecular flexibility index (Phi) is 3.67. The van der Waals surface area contributed by atoms with Gasteiger partial charge in [0.05, 0.1) is 0 Å². The van der Waals surface area contributed by atoms with Crippen LogP contribution in [0.1, 0.15) is 15.9 Å². The number of hydrogen-bond acceptors (Lipinski definition) is 2. The van der Waals surface area contributed by atoms with Gasteiger partial charge in [-0.05, 0) is 36.8 Å². The quantitative estimate of drug-likeness (QED) is 0.888. The summed E-state index contributed by atoms with van der Waals surface area (Å²) in [6.07, 6.45) is 0. The van der Waals surface area contributed by atoms with Gasteiger partial charge in [0.15, 0.2) is 0 Å². The van der Waals surface area contributed by atoms with Crippen LogP contribution in [0, 0.1) is 6.92 Å². The number of anilines is 1. The normalized spacial score (nSPS) is 10.1. The van der Waals surface area contributed by atoms with Gasteiger partial charge >= 0.3 is 0 Å². The van der Waals surface area contributed by atoms with E-state index in [1.807, 2.05) is 19.1 Å². The van der Waals surface area contributed by atoms with Crippen molar-refractivity contribution in [2.75, 3.05) is 5.32 Å². The second-order valence-electron chi connectivity index (χ2n) is 3.92. The van der Waals surface area contributed by atoms with Crippen LogP contribution in [0.25, 0.3) is 0 Å². The van der Waals surface area contributed by atoms with E-state index in [0.29, 0.717) is 11.3 Å². The molecule has 0 radical (unpaired) electrons. The Bertz CT molecular complexity index is 596. The summed E-state index contributed by atoms with van der Waals surface area (Å²) >= 11 is 3.39. The zero-order valence-electron chi connectivity index (χ0n) is 9.77. The molecule has 0 aliphatic carbocycles. The number of carbonyl (C=O) groups is 1. The maximum atomic E-state index is 12.1. The van der Waals surface area contributed by atoms with Crippen molar-refractivity contribution in [1.29, 1.82) is 0 Å². The van der Waals surface area contributed by atoms with E-state index in [9.17, 15) is 9.90 Å². The summed E-state index contributed by atoms with van der Waals surface area (Å²) in [7, 11) is 0. The van der Waals surface area contributed by atoms with Crippen molar-refractivity contribution < 1.29 is 9.90 Å². The van der Waals surface area contributed by atoms with Crippen LogP contribution in [0.5, 0.6) is 5.75 Å². The van der Waals surface area contributed by atoms with Crippen LogP contribution in [-0.4, -0.2) is 11.0 Å². The molecule has 0 saturated carbocycles. The molecule has 2 aromatic carbocycles. The molecule has 0 unspecified atom stereocenters. The van der Waals surface area contributed by atoms with E-state index in [0.717, 1.165) is 10.0 Å². The van der Waals surface area contributed by atoms with Gasteiger partial charge in [0.25, 0.3) is 5.91 Å². The van der Waals surface area contributed by atoms with Crippen molar-refractivity contribution in [2.45, 2.75) is 6.92 Å². The molecule has 0 aromatic heterocycles. The summed E-state index contributed by atoms with van der Waals surface area (Å²) in [6, 6.07) is 11.9. The molecule has 92 valence electrons. The minimum Gasteiger partial charge on any atom is -0.508 e. The van der Waals surface area contributed by atoms with Gasteiger partial charge in [-0.3, -0.25) is 4.79 Å². The lowest BCUT2D eigenvalue weighted by molar-refractivity contribution is 0.102. The first kappa shape index (κ1) is 12.6. The molecule has 0 heterocycles. The Hall–Kier alpha value is -1.81. The Morgan fingerprint density at radius 2 is 1.94 bits per heavy atom. The van der Waals surface area contributed by atoms with Crippen molar-refractivity contribution in [1.82, 2.24) is 0 Å². The lowest BCUT2D eigenvalue weighted by Crippen LogP contribution is -2.13. The summed E-state index contributed by atoms with van der Waals surface area (Å²) in [5.41, 5.74) is 2.06. The average molecular weight is 306 g/mol. The number of benzene rings is 2. The van der Waals surface area contributed by atoms with Crippen molar-refractivity contribution in [3.63, 3.8) is 0 Å². The Morgan fingerprint density at radius 3 is 2.67 bits per heavy atom. The summed E-state index contributed by atoms with van der Waals surface area (Å²) in [4.78, 5) is 12.1. The number of amides is 1. The number of hydrogen-bond donors (Lipinski definition) is 2. The predicted octanol–water partition coefficient (Wildman–Crippen LogP) is 3.72. The Labute approximate surface area is 114 Å². The minimum absolute atomic E-state index is 0.124. The summed E-state index contributed by atoms with van der Waals surface area (Å²) in [5.74, 6) is -0.0711. The van der Waals surface area contributed by atoms with Crippen LogP contribution in [0.2, 0.25) is 0 Å². The number of halogens is 1. The topological polar surface area (TPSA) is 49.3 Å². The first-order valence-corrected chi connectivity index (χ1v) is 6.23. The highest BCUT2D eigenvalue weighted by Gasteiger charge is 2.10. The van der Waals surface area contributed by atoms with Gasteiger partial charge in [-0.25, -0.2) is 0 Å². The van der Waals surface area contributed by atoms with Gasteiger partial charge in [0.1, 0.15) is 5.75 Å². The fourth-order valence-electron chi connectivity index (χ4n) is 1.64. The molecule has 0 atom stereocenters. The lowest BCUT2D eigenvalue weighted by atomic mass is 10.1. The van der Waals surface area contributed by atoms with Crippen LogP contribution in [0.4, 0.5) is 5.69 Å². The van der Waals surface area contributed by atoms with E-state index in [4.69, 9.17) is 0 Å². The Morgan fingerprint density at radius 1 is 1.22 bits per heavy atom. The summed E-state index contributed by atoms with van der Waals surface area (Å²) in [6.45, 7) is 1.88. The van der Waals surface area contributed by atoms with Gasteiger partial charge < -0.3 is 10.4 Å². The maximum Gasteiger partial charge on any atom is 0.255 e. The average Bonchev–Trinajstić information content (AvgIpc) is 2.32. The number of carbonyl (C=O) groups excluding carboxylic acids is 1. The molecular formula is C14H12BrNO2. The van der Waals surface area contributed by atoms with Gasteiger partial charge in [-0.1, -0.05) is 28.1 Å². The monoisotopic (exact) mass is 305 g/mol. The first-order valence-electron chi connectivity index (χ1n) is 5.43. The lowest BCUT2D eigenvalue weighted by Gasteiger charge is -2.09. The highest BCUT2D eigenvalue weighted by molar-refractivity contribution is 9.10. The fourth-order valence-corrected chi connectivity index (χ4v) is 2.00. The molecule has 1 amide bonds. The fraction of sp³-hybridized carbons (Fsp3) is 0.0714. The summed E-state index contributed by atoms with van der Waals surface area (Å²) in [5, 5.41) is 12.1. The number of nitrogens with one attached hydrogen (secondary N) is 1. The van der Waals surface area contributed by atoms with Crippen LogP contribution in [0.15, 0.2) is 46.9 Å². The van der Waals surface area contributed by atoms with Crippen LogP contribution >= 0.6 is 15.9 Å². The summed E-state index contributed by atoms with van der Waals surface area (Å²) < 4.78 is 0.894. The zero-order chi connectivity index (χ0) is 13.1.